The average molecular weight is 239 g/mol. The fourth-order valence-corrected chi connectivity index (χ4v) is 1.54. The van der Waals surface area contributed by atoms with Gasteiger partial charge in [-0.1, -0.05) is 27.7 Å². The first-order valence-electron chi connectivity index (χ1n) is 6.22. The highest BCUT2D eigenvalue weighted by molar-refractivity contribution is 5.89. The van der Waals surface area contributed by atoms with E-state index in [1.807, 2.05) is 27.7 Å². The second kappa shape index (κ2) is 6.37. The normalized spacial score (nSPS) is 10.9. The van der Waals surface area contributed by atoms with Crippen LogP contribution in [0.3, 0.4) is 0 Å². The summed E-state index contributed by atoms with van der Waals surface area (Å²) in [4.78, 5) is 13.9. The van der Waals surface area contributed by atoms with Crippen molar-refractivity contribution in [2.45, 2.75) is 46.5 Å². The molecule has 1 amide bonds. The van der Waals surface area contributed by atoms with Gasteiger partial charge in [0.25, 0.3) is 0 Å². The molecule has 0 saturated heterocycles. The van der Waals surface area contributed by atoms with Gasteiger partial charge < -0.3 is 9.32 Å². The van der Waals surface area contributed by atoms with E-state index < -0.39 is 0 Å². The van der Waals surface area contributed by atoms with Crippen molar-refractivity contribution in [2.75, 3.05) is 13.1 Å². The minimum Gasteiger partial charge on any atom is -0.417 e. The van der Waals surface area contributed by atoms with Crippen molar-refractivity contribution in [3.63, 3.8) is 0 Å². The van der Waals surface area contributed by atoms with E-state index in [1.165, 1.54) is 0 Å². The highest BCUT2D eigenvalue weighted by atomic mass is 16.4. The number of carbonyl (C=O) groups is 1. The van der Waals surface area contributed by atoms with E-state index in [0.717, 1.165) is 25.9 Å². The molecule has 1 aromatic heterocycles. The molecule has 0 spiro atoms. The molecule has 17 heavy (non-hydrogen) atoms. The molecule has 5 heteroatoms. The molecule has 5 nitrogen and oxygen atoms in total. The Morgan fingerprint density at radius 2 is 1.82 bits per heavy atom. The summed E-state index contributed by atoms with van der Waals surface area (Å²) in [6.45, 7) is 9.46. The Labute approximate surface area is 102 Å². The standard InChI is InChI=1S/C12H21N3O2/c1-5-7-15(8-6-2)12(16)11-14-13-10(17-11)9(3)4/h9H,5-8H2,1-4H3. The lowest BCUT2D eigenvalue weighted by Gasteiger charge is -2.18. The molecule has 0 aromatic carbocycles. The van der Waals surface area contributed by atoms with E-state index in [9.17, 15) is 4.79 Å². The summed E-state index contributed by atoms with van der Waals surface area (Å²) < 4.78 is 5.37. The van der Waals surface area contributed by atoms with Gasteiger partial charge in [0.05, 0.1) is 0 Å². The number of hydrogen-bond donors (Lipinski definition) is 0. The lowest BCUT2D eigenvalue weighted by molar-refractivity contribution is 0.0713. The van der Waals surface area contributed by atoms with Crippen LogP contribution in [-0.4, -0.2) is 34.1 Å². The zero-order valence-electron chi connectivity index (χ0n) is 11.1. The van der Waals surface area contributed by atoms with Crippen molar-refractivity contribution in [2.24, 2.45) is 0 Å². The van der Waals surface area contributed by atoms with Crippen LogP contribution < -0.4 is 0 Å². The van der Waals surface area contributed by atoms with E-state index in [-0.39, 0.29) is 17.7 Å². The Bertz CT molecular complexity index is 354. The minimum atomic E-state index is -0.159. The summed E-state index contributed by atoms with van der Waals surface area (Å²) in [5.74, 6) is 0.611. The van der Waals surface area contributed by atoms with Crippen molar-refractivity contribution in [3.05, 3.63) is 11.8 Å². The number of hydrogen-bond acceptors (Lipinski definition) is 4. The molecule has 1 rings (SSSR count). The molecule has 0 atom stereocenters. The number of rotatable bonds is 6. The third kappa shape index (κ3) is 3.54. The minimum absolute atomic E-state index is 0.107. The van der Waals surface area contributed by atoms with Gasteiger partial charge in [-0.2, -0.15) is 0 Å². The molecular weight excluding hydrogens is 218 g/mol. The van der Waals surface area contributed by atoms with Crippen molar-refractivity contribution in [1.29, 1.82) is 0 Å². The topological polar surface area (TPSA) is 59.2 Å². The fourth-order valence-electron chi connectivity index (χ4n) is 1.54. The van der Waals surface area contributed by atoms with Gasteiger partial charge in [-0.05, 0) is 12.8 Å². The molecule has 0 radical (unpaired) electrons. The molecule has 0 N–H and O–H groups in total. The van der Waals surface area contributed by atoms with Crippen molar-refractivity contribution in [3.8, 4) is 0 Å². The van der Waals surface area contributed by atoms with Crippen LogP contribution in [0.4, 0.5) is 0 Å². The molecule has 96 valence electrons. The van der Waals surface area contributed by atoms with Crippen LogP contribution >= 0.6 is 0 Å². The second-order valence-electron chi connectivity index (χ2n) is 4.39. The lowest BCUT2D eigenvalue weighted by atomic mass is 10.2. The number of amides is 1. The Morgan fingerprint density at radius 1 is 1.24 bits per heavy atom. The maximum Gasteiger partial charge on any atom is 0.311 e. The fraction of sp³-hybridized carbons (Fsp3) is 0.750. The van der Waals surface area contributed by atoms with Gasteiger partial charge in [-0.25, -0.2) is 0 Å². The van der Waals surface area contributed by atoms with Crippen LogP contribution in [-0.2, 0) is 0 Å². The molecule has 0 saturated carbocycles. The van der Waals surface area contributed by atoms with Gasteiger partial charge >= 0.3 is 11.8 Å². The van der Waals surface area contributed by atoms with E-state index in [0.29, 0.717) is 5.89 Å². The van der Waals surface area contributed by atoms with Crippen molar-refractivity contribution < 1.29 is 9.21 Å². The van der Waals surface area contributed by atoms with E-state index in [1.54, 1.807) is 4.90 Å². The maximum atomic E-state index is 12.1. The predicted octanol–water partition coefficient (Wildman–Crippen LogP) is 2.46. The molecule has 0 unspecified atom stereocenters. The summed E-state index contributed by atoms with van der Waals surface area (Å²) in [5.41, 5.74) is 0. The first kappa shape index (κ1) is 13.7. The molecule has 0 bridgehead atoms. The Morgan fingerprint density at radius 3 is 2.24 bits per heavy atom. The summed E-state index contributed by atoms with van der Waals surface area (Å²) in [5, 5.41) is 7.69. The lowest BCUT2D eigenvalue weighted by Crippen LogP contribution is -2.32. The molecular formula is C12H21N3O2. The van der Waals surface area contributed by atoms with Crippen molar-refractivity contribution >= 4 is 5.91 Å². The summed E-state index contributed by atoms with van der Waals surface area (Å²) in [6.07, 6.45) is 1.85. The Hall–Kier alpha value is -1.39. The monoisotopic (exact) mass is 239 g/mol. The van der Waals surface area contributed by atoms with Crippen LogP contribution in [0.5, 0.6) is 0 Å². The van der Waals surface area contributed by atoms with Gasteiger partial charge in [0, 0.05) is 19.0 Å². The Kier molecular flexibility index (Phi) is 5.12. The number of nitrogens with zero attached hydrogens (tertiary/aromatic N) is 3. The molecule has 0 aliphatic carbocycles. The summed E-state index contributed by atoms with van der Waals surface area (Å²) in [7, 11) is 0. The average Bonchev–Trinajstić information content (AvgIpc) is 2.77. The SMILES string of the molecule is CCCN(CCC)C(=O)c1nnc(C(C)C)o1. The molecule has 0 fully saturated rings. The van der Waals surface area contributed by atoms with Gasteiger partial charge in [-0.3, -0.25) is 4.79 Å². The van der Waals surface area contributed by atoms with Crippen LogP contribution in [0.1, 0.15) is 63.0 Å². The molecule has 0 aliphatic heterocycles. The maximum absolute atomic E-state index is 12.1. The van der Waals surface area contributed by atoms with Crippen molar-refractivity contribution in [1.82, 2.24) is 15.1 Å². The largest absolute Gasteiger partial charge is 0.417 e. The summed E-state index contributed by atoms with van der Waals surface area (Å²) in [6, 6.07) is 0. The quantitative estimate of drug-likeness (QED) is 0.765. The Balaban J connectivity index is 2.77. The van der Waals surface area contributed by atoms with Gasteiger partial charge in [0.1, 0.15) is 0 Å². The summed E-state index contributed by atoms with van der Waals surface area (Å²) >= 11 is 0. The zero-order valence-corrected chi connectivity index (χ0v) is 11.1. The first-order valence-corrected chi connectivity index (χ1v) is 6.22. The van der Waals surface area contributed by atoms with Gasteiger partial charge in [0.15, 0.2) is 0 Å². The van der Waals surface area contributed by atoms with Gasteiger partial charge in [0.2, 0.25) is 5.89 Å². The molecule has 1 aromatic rings. The van der Waals surface area contributed by atoms with Gasteiger partial charge in [-0.15, -0.1) is 10.2 Å². The smallest absolute Gasteiger partial charge is 0.311 e. The third-order valence-corrected chi connectivity index (χ3v) is 2.39. The zero-order chi connectivity index (χ0) is 12.8. The predicted molar refractivity (Wildman–Crippen MR) is 64.9 cm³/mol. The highest BCUT2D eigenvalue weighted by Crippen LogP contribution is 2.13. The van der Waals surface area contributed by atoms with Crippen LogP contribution in [0, 0.1) is 0 Å². The molecule has 0 aliphatic rings. The van der Waals surface area contributed by atoms with Crippen LogP contribution in [0.25, 0.3) is 0 Å². The first-order chi connectivity index (χ1) is 8.10. The number of aromatic nitrogens is 2. The van der Waals surface area contributed by atoms with E-state index in [2.05, 4.69) is 10.2 Å². The van der Waals surface area contributed by atoms with E-state index >= 15 is 0 Å². The number of carbonyl (C=O) groups excluding carboxylic acids is 1. The van der Waals surface area contributed by atoms with Crippen LogP contribution in [0.2, 0.25) is 0 Å². The van der Waals surface area contributed by atoms with E-state index in [4.69, 9.17) is 4.42 Å². The van der Waals surface area contributed by atoms with Crippen LogP contribution in [0.15, 0.2) is 4.42 Å². The highest BCUT2D eigenvalue weighted by Gasteiger charge is 2.21. The second-order valence-corrected chi connectivity index (χ2v) is 4.39. The molecule has 1 heterocycles. The third-order valence-electron chi connectivity index (χ3n) is 2.39.